The molecule has 1 saturated carbocycles. The molecule has 4 rings (SSSR count). The van der Waals surface area contributed by atoms with E-state index in [2.05, 4.69) is 10.6 Å². The van der Waals surface area contributed by atoms with E-state index in [4.69, 9.17) is 75.3 Å². The first-order chi connectivity index (χ1) is 16.8. The molecule has 36 heavy (non-hydrogen) atoms. The van der Waals surface area contributed by atoms with Gasteiger partial charge in [0.05, 0.1) is 37.3 Å². The Hall–Kier alpha value is -2.00. The molecule has 1 unspecified atom stereocenters. The number of nitrogens with two attached hydrogens (primary N) is 1. The topological polar surface area (TPSA) is 84.2 Å². The molecule has 3 aromatic carbocycles. The molecule has 0 aromatic heterocycles. The van der Waals surface area contributed by atoms with Crippen molar-refractivity contribution >= 4 is 98.5 Å². The van der Waals surface area contributed by atoms with E-state index >= 15 is 0 Å². The summed E-state index contributed by atoms with van der Waals surface area (Å²) in [5, 5.41) is 5.44. The monoisotopic (exact) mass is 611 g/mol. The van der Waals surface area contributed by atoms with Gasteiger partial charge < -0.3 is 16.4 Å². The van der Waals surface area contributed by atoms with Gasteiger partial charge in [-0.1, -0.05) is 46.4 Å². The van der Waals surface area contributed by atoms with Gasteiger partial charge in [0.25, 0.3) is 5.91 Å². The Morgan fingerprint density at radius 3 is 2.17 bits per heavy atom. The van der Waals surface area contributed by atoms with E-state index in [0.29, 0.717) is 5.56 Å². The molecule has 13 heteroatoms. The van der Waals surface area contributed by atoms with Gasteiger partial charge in [-0.2, -0.15) is 0 Å². The standard InChI is InChI=1S/C23H13Cl6F2N3O2/c24-11-2-1-9(7-10(11)21(35)34-15-4-3-14(30)20(32)19(15)31)33-22(36)17-16(23(17,28)29)8-5-12(25)18(27)13(26)6-8/h1-7,16-17H,32H2,(H,33,36)(H,34,35)/t16-,17?/m0/s1. The predicted molar refractivity (Wildman–Crippen MR) is 141 cm³/mol. The van der Waals surface area contributed by atoms with Crippen molar-refractivity contribution in [2.24, 2.45) is 5.92 Å². The molecule has 0 aliphatic heterocycles. The van der Waals surface area contributed by atoms with Crippen LogP contribution in [0.1, 0.15) is 21.8 Å². The van der Waals surface area contributed by atoms with E-state index in [0.717, 1.165) is 12.1 Å². The van der Waals surface area contributed by atoms with Crippen molar-refractivity contribution in [2.75, 3.05) is 16.4 Å². The first-order valence-corrected chi connectivity index (χ1v) is 12.3. The highest BCUT2D eigenvalue weighted by atomic mass is 35.5. The number of benzene rings is 3. The zero-order valence-electron chi connectivity index (χ0n) is 17.6. The molecule has 0 spiro atoms. The Morgan fingerprint density at radius 2 is 1.53 bits per heavy atom. The molecule has 5 nitrogen and oxygen atoms in total. The lowest BCUT2D eigenvalue weighted by Gasteiger charge is -2.11. The van der Waals surface area contributed by atoms with Crippen molar-refractivity contribution in [1.82, 2.24) is 0 Å². The molecule has 3 aromatic rings. The van der Waals surface area contributed by atoms with E-state index in [1.807, 2.05) is 0 Å². The summed E-state index contributed by atoms with van der Waals surface area (Å²) < 4.78 is 26.1. The maximum atomic E-state index is 14.2. The molecule has 0 bridgehead atoms. The highest BCUT2D eigenvalue weighted by Crippen LogP contribution is 2.65. The van der Waals surface area contributed by atoms with Crippen LogP contribution in [0.3, 0.4) is 0 Å². The normalized spacial score (nSPS) is 18.0. The summed E-state index contributed by atoms with van der Waals surface area (Å²) in [6.45, 7) is 0. The smallest absolute Gasteiger partial charge is 0.257 e. The van der Waals surface area contributed by atoms with Gasteiger partial charge in [0.2, 0.25) is 5.91 Å². The van der Waals surface area contributed by atoms with Crippen molar-refractivity contribution in [3.05, 3.63) is 85.3 Å². The summed E-state index contributed by atoms with van der Waals surface area (Å²) in [7, 11) is 0. The first-order valence-electron chi connectivity index (χ1n) is 10.0. The van der Waals surface area contributed by atoms with Crippen LogP contribution in [0.5, 0.6) is 0 Å². The Bertz CT molecular complexity index is 1400. The minimum absolute atomic E-state index is 0.0137. The molecule has 2 amide bonds. The van der Waals surface area contributed by atoms with Gasteiger partial charge in [-0.05, 0) is 48.0 Å². The van der Waals surface area contributed by atoms with E-state index in [9.17, 15) is 18.4 Å². The maximum Gasteiger partial charge on any atom is 0.257 e. The number of amides is 2. The Morgan fingerprint density at radius 1 is 0.889 bits per heavy atom. The molecule has 1 aliphatic carbocycles. The summed E-state index contributed by atoms with van der Waals surface area (Å²) >= 11 is 37.0. The van der Waals surface area contributed by atoms with E-state index < -0.39 is 45.3 Å². The average molecular weight is 614 g/mol. The van der Waals surface area contributed by atoms with Crippen LogP contribution in [0.25, 0.3) is 0 Å². The first kappa shape index (κ1) is 27.0. The minimum atomic E-state index is -1.45. The number of carbonyl (C=O) groups excluding carboxylic acids is 2. The molecule has 188 valence electrons. The second-order valence-electron chi connectivity index (χ2n) is 7.89. The number of halogens is 8. The maximum absolute atomic E-state index is 14.2. The van der Waals surface area contributed by atoms with Crippen LogP contribution in [0.2, 0.25) is 20.1 Å². The van der Waals surface area contributed by atoms with Gasteiger partial charge >= 0.3 is 0 Å². The van der Waals surface area contributed by atoms with Crippen LogP contribution in [0, 0.1) is 17.6 Å². The second kappa shape index (κ2) is 10.0. The van der Waals surface area contributed by atoms with Gasteiger partial charge in [-0.3, -0.25) is 9.59 Å². The molecule has 0 heterocycles. The van der Waals surface area contributed by atoms with Crippen molar-refractivity contribution in [3.8, 4) is 0 Å². The minimum Gasteiger partial charge on any atom is -0.394 e. The van der Waals surface area contributed by atoms with Crippen LogP contribution < -0.4 is 16.4 Å². The highest BCUT2D eigenvalue weighted by Gasteiger charge is 2.67. The lowest BCUT2D eigenvalue weighted by molar-refractivity contribution is -0.117. The van der Waals surface area contributed by atoms with Crippen molar-refractivity contribution in [1.29, 1.82) is 0 Å². The zero-order valence-corrected chi connectivity index (χ0v) is 22.1. The molecule has 1 aliphatic rings. The number of carbonyl (C=O) groups is 2. The SMILES string of the molecule is Nc1c(F)ccc(NC(=O)c2cc(NC(=O)C3[C@H](c4cc(Cl)c(Cl)c(Cl)c4)C3(Cl)Cl)ccc2Cl)c1F. The number of hydrogen-bond acceptors (Lipinski definition) is 3. The molecule has 1 fully saturated rings. The Kier molecular flexibility index (Phi) is 7.55. The van der Waals surface area contributed by atoms with Gasteiger partial charge in [-0.15, -0.1) is 23.2 Å². The van der Waals surface area contributed by atoms with Crippen molar-refractivity contribution < 1.29 is 18.4 Å². The average Bonchev–Trinajstić information content (AvgIpc) is 3.40. The third-order valence-corrected chi connectivity index (χ3v) is 8.02. The van der Waals surface area contributed by atoms with E-state index in [1.165, 1.54) is 30.3 Å². The fourth-order valence-corrected chi connectivity index (χ4v) is 5.32. The lowest BCUT2D eigenvalue weighted by atomic mass is 10.1. The highest BCUT2D eigenvalue weighted by molar-refractivity contribution is 6.54. The van der Waals surface area contributed by atoms with E-state index in [1.54, 1.807) is 0 Å². The van der Waals surface area contributed by atoms with Crippen LogP contribution >= 0.6 is 69.6 Å². The predicted octanol–water partition coefficient (Wildman–Crippen LogP) is 7.94. The van der Waals surface area contributed by atoms with Gasteiger partial charge in [0.15, 0.2) is 5.82 Å². The Balaban J connectivity index is 1.53. The number of rotatable bonds is 5. The summed E-state index contributed by atoms with van der Waals surface area (Å²) in [6.07, 6.45) is 0. The third-order valence-electron chi connectivity index (χ3n) is 5.55. The van der Waals surface area contributed by atoms with Crippen LogP contribution in [-0.4, -0.2) is 16.1 Å². The van der Waals surface area contributed by atoms with Gasteiger partial charge in [-0.25, -0.2) is 8.78 Å². The third kappa shape index (κ3) is 5.05. The van der Waals surface area contributed by atoms with E-state index in [-0.39, 0.29) is 37.0 Å². The molecule has 0 radical (unpaired) electrons. The van der Waals surface area contributed by atoms with Crippen molar-refractivity contribution in [3.63, 3.8) is 0 Å². The van der Waals surface area contributed by atoms with Crippen LogP contribution in [0.4, 0.5) is 25.8 Å². The number of nitrogen functional groups attached to an aromatic ring is 1. The molecule has 2 atom stereocenters. The van der Waals surface area contributed by atoms with Gasteiger partial charge in [0.1, 0.15) is 15.8 Å². The number of hydrogen-bond donors (Lipinski definition) is 3. The van der Waals surface area contributed by atoms with Gasteiger partial charge in [0, 0.05) is 11.6 Å². The Labute approximate surface area is 233 Å². The van der Waals surface area contributed by atoms with Crippen LogP contribution in [0.15, 0.2) is 42.5 Å². The number of anilines is 3. The zero-order chi connectivity index (χ0) is 26.5. The fourth-order valence-electron chi connectivity index (χ4n) is 3.67. The summed E-state index contributed by atoms with van der Waals surface area (Å²) in [5.41, 5.74) is 4.85. The number of alkyl halides is 2. The fraction of sp³-hybridized carbons (Fsp3) is 0.130. The molecular formula is C23H13Cl6F2N3O2. The quantitative estimate of drug-likeness (QED) is 0.155. The van der Waals surface area contributed by atoms with Crippen molar-refractivity contribution in [2.45, 2.75) is 10.3 Å². The second-order valence-corrected chi connectivity index (χ2v) is 10.9. The summed E-state index contributed by atoms with van der Waals surface area (Å²) in [5.74, 6) is -4.97. The molecule has 0 saturated heterocycles. The molecule has 4 N–H and O–H groups in total. The summed E-state index contributed by atoms with van der Waals surface area (Å²) in [4.78, 5) is 25.7. The molecular weight excluding hydrogens is 601 g/mol. The number of nitrogens with one attached hydrogen (secondary N) is 2. The lowest BCUT2D eigenvalue weighted by Crippen LogP contribution is -2.18. The largest absolute Gasteiger partial charge is 0.394 e. The van der Waals surface area contributed by atoms with Crippen LogP contribution in [-0.2, 0) is 4.79 Å². The summed E-state index contributed by atoms with van der Waals surface area (Å²) in [6, 6.07) is 9.06.